The number of ether oxygens (including phenoxy) is 1. The molecule has 0 aliphatic rings. The van der Waals surface area contributed by atoms with Crippen LogP contribution in [0, 0.1) is 0 Å². The van der Waals surface area contributed by atoms with Crippen molar-refractivity contribution < 1.29 is 14.3 Å². The Morgan fingerprint density at radius 3 is 2.47 bits per heavy atom. The largest absolute Gasteiger partial charge is 0.368 e. The summed E-state index contributed by atoms with van der Waals surface area (Å²) in [6.07, 6.45) is -0.567. The van der Waals surface area contributed by atoms with Gasteiger partial charge in [-0.25, -0.2) is 0 Å². The van der Waals surface area contributed by atoms with Crippen LogP contribution in [0.4, 0.5) is 0 Å². The van der Waals surface area contributed by atoms with Gasteiger partial charge in [-0.1, -0.05) is 44.0 Å². The molecule has 6 heteroatoms. The molecule has 0 aliphatic carbocycles. The number of rotatable bonds is 7. The van der Waals surface area contributed by atoms with Crippen molar-refractivity contribution in [3.63, 3.8) is 0 Å². The highest BCUT2D eigenvalue weighted by Crippen LogP contribution is 2.10. The SMILES string of the molecule is CCO[C@@H](CBr)C(=O)NCC(=O)c1ccc(Br)cc1. The van der Waals surface area contributed by atoms with Crippen molar-refractivity contribution in [1.82, 2.24) is 5.32 Å². The Morgan fingerprint density at radius 2 is 1.95 bits per heavy atom. The average Bonchev–Trinajstić information content (AvgIpc) is 2.42. The van der Waals surface area contributed by atoms with Crippen molar-refractivity contribution in [2.45, 2.75) is 13.0 Å². The molecule has 1 rings (SSSR count). The predicted molar refractivity (Wildman–Crippen MR) is 80.7 cm³/mol. The average molecular weight is 393 g/mol. The molecule has 0 heterocycles. The fourth-order valence-corrected chi connectivity index (χ4v) is 2.16. The van der Waals surface area contributed by atoms with Crippen LogP contribution in [0.15, 0.2) is 28.7 Å². The quantitative estimate of drug-likeness (QED) is 0.573. The summed E-state index contributed by atoms with van der Waals surface area (Å²) in [5.74, 6) is -0.421. The first-order chi connectivity index (χ1) is 9.08. The number of hydrogen-bond acceptors (Lipinski definition) is 3. The van der Waals surface area contributed by atoms with E-state index in [4.69, 9.17) is 4.74 Å². The Labute approximate surface area is 129 Å². The molecule has 1 N–H and O–H groups in total. The Hall–Kier alpha value is -0.720. The number of alkyl halides is 1. The third-order valence-corrected chi connectivity index (χ3v) is 3.51. The number of nitrogens with one attached hydrogen (secondary N) is 1. The number of benzene rings is 1. The minimum absolute atomic E-state index is 0.0307. The van der Waals surface area contributed by atoms with Crippen molar-refractivity contribution in [3.05, 3.63) is 34.3 Å². The first kappa shape index (κ1) is 16.3. The van der Waals surface area contributed by atoms with Gasteiger partial charge in [0.05, 0.1) is 6.54 Å². The van der Waals surface area contributed by atoms with Crippen molar-refractivity contribution in [2.24, 2.45) is 0 Å². The summed E-state index contributed by atoms with van der Waals surface area (Å²) in [6.45, 7) is 2.23. The minimum atomic E-state index is -0.567. The van der Waals surface area contributed by atoms with Gasteiger partial charge >= 0.3 is 0 Å². The molecule has 1 amide bonds. The Balaban J connectivity index is 2.49. The molecular weight excluding hydrogens is 378 g/mol. The molecule has 0 aromatic heterocycles. The molecule has 0 bridgehead atoms. The van der Waals surface area contributed by atoms with Gasteiger partial charge in [0.15, 0.2) is 5.78 Å². The third kappa shape index (κ3) is 5.42. The number of carbonyl (C=O) groups is 2. The highest BCUT2D eigenvalue weighted by atomic mass is 79.9. The lowest BCUT2D eigenvalue weighted by Crippen LogP contribution is -2.40. The summed E-state index contributed by atoms with van der Waals surface area (Å²) in [5, 5.41) is 2.98. The fraction of sp³-hybridized carbons (Fsp3) is 0.385. The van der Waals surface area contributed by atoms with E-state index in [0.29, 0.717) is 17.5 Å². The highest BCUT2D eigenvalue weighted by molar-refractivity contribution is 9.10. The number of amides is 1. The summed E-state index contributed by atoms with van der Waals surface area (Å²) in [4.78, 5) is 23.6. The number of carbonyl (C=O) groups excluding carboxylic acids is 2. The molecule has 0 unspecified atom stereocenters. The molecule has 104 valence electrons. The number of hydrogen-bond donors (Lipinski definition) is 1. The van der Waals surface area contributed by atoms with E-state index in [9.17, 15) is 9.59 Å². The lowest BCUT2D eigenvalue weighted by atomic mass is 10.1. The Morgan fingerprint density at radius 1 is 1.32 bits per heavy atom. The van der Waals surface area contributed by atoms with E-state index in [2.05, 4.69) is 37.2 Å². The van der Waals surface area contributed by atoms with Crippen LogP contribution in [0.2, 0.25) is 0 Å². The lowest BCUT2D eigenvalue weighted by Gasteiger charge is -2.13. The molecule has 0 radical (unpaired) electrons. The molecule has 1 aromatic rings. The summed E-state index contributed by atoms with van der Waals surface area (Å²) in [6, 6.07) is 7.00. The normalized spacial score (nSPS) is 11.9. The molecule has 1 aromatic carbocycles. The summed E-state index contributed by atoms with van der Waals surface area (Å²) < 4.78 is 6.14. The third-order valence-electron chi connectivity index (χ3n) is 2.39. The monoisotopic (exact) mass is 391 g/mol. The topological polar surface area (TPSA) is 55.4 Å². The Bertz CT molecular complexity index is 434. The van der Waals surface area contributed by atoms with E-state index in [1.54, 1.807) is 24.3 Å². The zero-order valence-corrected chi connectivity index (χ0v) is 13.7. The highest BCUT2D eigenvalue weighted by Gasteiger charge is 2.17. The molecule has 0 saturated carbocycles. The van der Waals surface area contributed by atoms with Crippen LogP contribution in [-0.2, 0) is 9.53 Å². The van der Waals surface area contributed by atoms with Crippen LogP contribution in [0.1, 0.15) is 17.3 Å². The maximum Gasteiger partial charge on any atom is 0.250 e. The van der Waals surface area contributed by atoms with Crippen molar-refractivity contribution in [2.75, 3.05) is 18.5 Å². The van der Waals surface area contributed by atoms with Crippen LogP contribution in [-0.4, -0.2) is 36.3 Å². The van der Waals surface area contributed by atoms with Gasteiger partial charge in [-0.3, -0.25) is 9.59 Å². The maximum atomic E-state index is 11.8. The fourth-order valence-electron chi connectivity index (χ4n) is 1.41. The molecule has 0 saturated heterocycles. The van der Waals surface area contributed by atoms with E-state index in [-0.39, 0.29) is 18.2 Å². The van der Waals surface area contributed by atoms with Crippen molar-refractivity contribution >= 4 is 43.6 Å². The summed E-state index contributed by atoms with van der Waals surface area (Å²) in [5.41, 5.74) is 0.565. The van der Waals surface area contributed by atoms with E-state index in [0.717, 1.165) is 4.47 Å². The lowest BCUT2D eigenvalue weighted by molar-refractivity contribution is -0.130. The second-order valence-electron chi connectivity index (χ2n) is 3.75. The van der Waals surface area contributed by atoms with Gasteiger partial charge in [-0.2, -0.15) is 0 Å². The first-order valence-electron chi connectivity index (χ1n) is 5.82. The predicted octanol–water partition coefficient (Wildman–Crippen LogP) is 2.55. The van der Waals surface area contributed by atoms with E-state index in [1.165, 1.54) is 0 Å². The number of halogens is 2. The Kier molecular flexibility index (Phi) is 7.27. The molecule has 1 atom stereocenters. The summed E-state index contributed by atoms with van der Waals surface area (Å²) >= 11 is 6.50. The van der Waals surface area contributed by atoms with Gasteiger partial charge in [0, 0.05) is 22.0 Å². The van der Waals surface area contributed by atoms with Crippen molar-refractivity contribution in [3.8, 4) is 0 Å². The minimum Gasteiger partial charge on any atom is -0.368 e. The van der Waals surface area contributed by atoms with E-state index < -0.39 is 6.10 Å². The van der Waals surface area contributed by atoms with Crippen molar-refractivity contribution in [1.29, 1.82) is 0 Å². The van der Waals surface area contributed by atoms with Crippen LogP contribution < -0.4 is 5.32 Å². The van der Waals surface area contributed by atoms with Crippen LogP contribution in [0.25, 0.3) is 0 Å². The van der Waals surface area contributed by atoms with E-state index in [1.807, 2.05) is 6.92 Å². The molecule has 0 aliphatic heterocycles. The van der Waals surface area contributed by atoms with E-state index >= 15 is 0 Å². The maximum absolute atomic E-state index is 11.8. The van der Waals surface area contributed by atoms with Gasteiger partial charge in [0.25, 0.3) is 0 Å². The van der Waals surface area contributed by atoms with Crippen LogP contribution in [0.3, 0.4) is 0 Å². The van der Waals surface area contributed by atoms with Gasteiger partial charge in [0.2, 0.25) is 5.91 Å². The molecule has 0 fully saturated rings. The first-order valence-corrected chi connectivity index (χ1v) is 7.74. The second kappa shape index (κ2) is 8.45. The number of ketones is 1. The van der Waals surface area contributed by atoms with Gasteiger partial charge < -0.3 is 10.1 Å². The number of Topliss-reactive ketones (excluding diaryl/α,β-unsaturated/α-hetero) is 1. The van der Waals surface area contributed by atoms with Gasteiger partial charge in [-0.05, 0) is 19.1 Å². The zero-order valence-electron chi connectivity index (χ0n) is 10.5. The second-order valence-corrected chi connectivity index (χ2v) is 5.31. The molecule has 4 nitrogen and oxygen atoms in total. The van der Waals surface area contributed by atoms with Crippen LogP contribution >= 0.6 is 31.9 Å². The summed E-state index contributed by atoms with van der Waals surface area (Å²) in [7, 11) is 0. The standard InChI is InChI=1S/C13H15Br2NO3/c1-2-19-12(7-14)13(18)16-8-11(17)9-3-5-10(15)6-4-9/h3-6,12H,2,7-8H2,1H3,(H,16,18)/t12-/m0/s1. The molecule has 0 spiro atoms. The zero-order chi connectivity index (χ0) is 14.3. The van der Waals surface area contributed by atoms with Crippen LogP contribution in [0.5, 0.6) is 0 Å². The smallest absolute Gasteiger partial charge is 0.250 e. The van der Waals surface area contributed by atoms with Gasteiger partial charge in [-0.15, -0.1) is 0 Å². The van der Waals surface area contributed by atoms with Gasteiger partial charge in [0.1, 0.15) is 6.10 Å². The molecular formula is C13H15Br2NO3. The molecule has 19 heavy (non-hydrogen) atoms.